The predicted molar refractivity (Wildman–Crippen MR) is 83.1 cm³/mol. The van der Waals surface area contributed by atoms with Gasteiger partial charge in [-0.15, -0.1) is 0 Å². The third-order valence-corrected chi connectivity index (χ3v) is 4.00. The Labute approximate surface area is 123 Å². The van der Waals surface area contributed by atoms with Crippen LogP contribution in [0.5, 0.6) is 0 Å². The molecule has 21 heavy (non-hydrogen) atoms. The molecular formula is C16H19N3O2. The Morgan fingerprint density at radius 1 is 1.33 bits per heavy atom. The molecule has 0 amide bonds. The molecule has 2 heterocycles. The van der Waals surface area contributed by atoms with Gasteiger partial charge in [0.25, 0.3) is 0 Å². The largest absolute Gasteiger partial charge is 0.369 e. The van der Waals surface area contributed by atoms with Crippen molar-refractivity contribution in [2.75, 3.05) is 31.1 Å². The quantitative estimate of drug-likeness (QED) is 0.682. The molecule has 1 N–H and O–H groups in total. The Morgan fingerprint density at radius 2 is 2.10 bits per heavy atom. The van der Waals surface area contributed by atoms with Crippen molar-refractivity contribution in [3.63, 3.8) is 0 Å². The Bertz CT molecular complexity index is 684. The van der Waals surface area contributed by atoms with Gasteiger partial charge in [0.1, 0.15) is 6.29 Å². The molecule has 0 spiro atoms. The monoisotopic (exact) mass is 285 g/mol. The van der Waals surface area contributed by atoms with Gasteiger partial charge in [-0.25, -0.2) is 0 Å². The fourth-order valence-electron chi connectivity index (χ4n) is 2.92. The Morgan fingerprint density at radius 3 is 2.76 bits per heavy atom. The number of fused-ring (bicyclic) bond motifs is 1. The van der Waals surface area contributed by atoms with Gasteiger partial charge < -0.3 is 19.6 Å². The van der Waals surface area contributed by atoms with Crippen molar-refractivity contribution >= 4 is 28.7 Å². The molecule has 0 saturated carbocycles. The number of aromatic nitrogens is 1. The normalized spacial score (nSPS) is 15.4. The van der Waals surface area contributed by atoms with Gasteiger partial charge in [0.2, 0.25) is 0 Å². The van der Waals surface area contributed by atoms with Crippen LogP contribution in [0.2, 0.25) is 0 Å². The van der Waals surface area contributed by atoms with Gasteiger partial charge in [-0.1, -0.05) is 0 Å². The zero-order valence-electron chi connectivity index (χ0n) is 12.1. The summed E-state index contributed by atoms with van der Waals surface area (Å²) in [4.78, 5) is 24.9. The first-order chi connectivity index (χ1) is 10.2. The maximum atomic E-state index is 11.8. The van der Waals surface area contributed by atoms with Crippen molar-refractivity contribution in [2.45, 2.75) is 13.5 Å². The number of hydrogen-bond acceptors (Lipinski definition) is 4. The highest BCUT2D eigenvalue weighted by atomic mass is 16.1. The summed E-state index contributed by atoms with van der Waals surface area (Å²) in [7, 11) is 0. The molecule has 0 aliphatic carbocycles. The zero-order valence-corrected chi connectivity index (χ0v) is 12.1. The lowest BCUT2D eigenvalue weighted by molar-refractivity contribution is -0.108. The van der Waals surface area contributed by atoms with E-state index in [9.17, 15) is 9.59 Å². The molecule has 0 atom stereocenters. The number of anilines is 1. The predicted octanol–water partition coefficient (Wildman–Crippen LogP) is 1.45. The van der Waals surface area contributed by atoms with E-state index >= 15 is 0 Å². The molecule has 1 saturated heterocycles. The zero-order chi connectivity index (χ0) is 14.8. The first-order valence-corrected chi connectivity index (χ1v) is 7.24. The van der Waals surface area contributed by atoms with Crippen LogP contribution in [0.25, 0.3) is 10.9 Å². The van der Waals surface area contributed by atoms with Gasteiger partial charge in [0.05, 0.1) is 6.54 Å². The number of nitrogens with zero attached hydrogens (tertiary/aromatic N) is 2. The van der Waals surface area contributed by atoms with Crippen LogP contribution in [0.15, 0.2) is 24.4 Å². The molecule has 1 aromatic carbocycles. The number of carbonyl (C=O) groups is 2. The van der Waals surface area contributed by atoms with E-state index in [2.05, 4.69) is 22.3 Å². The number of hydrogen-bond donors (Lipinski definition) is 1. The van der Waals surface area contributed by atoms with Crippen LogP contribution in [-0.2, 0) is 11.3 Å². The first-order valence-electron chi connectivity index (χ1n) is 7.24. The smallest absolute Gasteiger partial charge is 0.161 e. The summed E-state index contributed by atoms with van der Waals surface area (Å²) < 4.78 is 1.83. The molecule has 0 bridgehead atoms. The summed E-state index contributed by atoms with van der Waals surface area (Å²) in [5, 5.41) is 4.26. The molecule has 0 unspecified atom stereocenters. The van der Waals surface area contributed by atoms with E-state index in [0.29, 0.717) is 5.56 Å². The molecule has 0 radical (unpaired) electrons. The van der Waals surface area contributed by atoms with Crippen molar-refractivity contribution in [1.29, 1.82) is 0 Å². The van der Waals surface area contributed by atoms with Crippen molar-refractivity contribution in [3.05, 3.63) is 30.0 Å². The van der Waals surface area contributed by atoms with Gasteiger partial charge in [0, 0.05) is 54.5 Å². The maximum absolute atomic E-state index is 11.8. The highest BCUT2D eigenvalue weighted by Gasteiger charge is 2.15. The van der Waals surface area contributed by atoms with E-state index in [-0.39, 0.29) is 12.3 Å². The molecule has 110 valence electrons. The lowest BCUT2D eigenvalue weighted by atomic mass is 10.1. The van der Waals surface area contributed by atoms with E-state index in [0.717, 1.165) is 49.1 Å². The molecule has 5 nitrogen and oxygen atoms in total. The highest BCUT2D eigenvalue weighted by Crippen LogP contribution is 2.27. The van der Waals surface area contributed by atoms with Crippen molar-refractivity contribution in [1.82, 2.24) is 9.88 Å². The molecular weight excluding hydrogens is 266 g/mol. The summed E-state index contributed by atoms with van der Waals surface area (Å²) in [5.74, 6) is 0.0297. The number of aldehydes is 1. The Kier molecular flexibility index (Phi) is 3.75. The van der Waals surface area contributed by atoms with E-state index in [1.54, 1.807) is 13.1 Å². The minimum atomic E-state index is 0.0297. The summed E-state index contributed by atoms with van der Waals surface area (Å²) in [6, 6.07) is 6.14. The van der Waals surface area contributed by atoms with Crippen LogP contribution < -0.4 is 10.2 Å². The fraction of sp³-hybridized carbons (Fsp3) is 0.375. The summed E-state index contributed by atoms with van der Waals surface area (Å²) in [6.07, 6.45) is 2.64. The van der Waals surface area contributed by atoms with Gasteiger partial charge in [-0.05, 0) is 25.1 Å². The van der Waals surface area contributed by atoms with Crippen LogP contribution in [0, 0.1) is 0 Å². The standard InChI is InChI=1S/C16H19N3O2/c1-12(21)15-11-19(8-9-20)16-3-2-13(10-14(15)16)18-6-4-17-5-7-18/h2-3,9-11,17H,4-8H2,1H3. The molecule has 3 rings (SSSR count). The van der Waals surface area contributed by atoms with E-state index in [1.807, 2.05) is 10.6 Å². The second-order valence-corrected chi connectivity index (χ2v) is 5.36. The lowest BCUT2D eigenvalue weighted by Gasteiger charge is -2.29. The minimum absolute atomic E-state index is 0.0297. The minimum Gasteiger partial charge on any atom is -0.369 e. The maximum Gasteiger partial charge on any atom is 0.161 e. The summed E-state index contributed by atoms with van der Waals surface area (Å²) in [5.41, 5.74) is 2.75. The van der Waals surface area contributed by atoms with Crippen LogP contribution >= 0.6 is 0 Å². The van der Waals surface area contributed by atoms with Crippen LogP contribution in [0.3, 0.4) is 0 Å². The van der Waals surface area contributed by atoms with Gasteiger partial charge >= 0.3 is 0 Å². The fourth-order valence-corrected chi connectivity index (χ4v) is 2.92. The van der Waals surface area contributed by atoms with Gasteiger partial charge in [0.15, 0.2) is 5.78 Å². The third-order valence-electron chi connectivity index (χ3n) is 4.00. The number of Topliss-reactive ketones (excluding diaryl/α,β-unsaturated/α-hetero) is 1. The number of nitrogens with one attached hydrogen (secondary N) is 1. The van der Waals surface area contributed by atoms with Crippen LogP contribution in [0.4, 0.5) is 5.69 Å². The molecule has 2 aromatic rings. The Hall–Kier alpha value is -2.14. The van der Waals surface area contributed by atoms with Crippen molar-refractivity contribution < 1.29 is 9.59 Å². The SMILES string of the molecule is CC(=O)c1cn(CC=O)c2ccc(N3CCNCC3)cc12. The molecule has 1 fully saturated rings. The van der Waals surface area contributed by atoms with Gasteiger partial charge in [-0.3, -0.25) is 4.79 Å². The van der Waals surface area contributed by atoms with E-state index < -0.39 is 0 Å². The molecule has 1 aliphatic heterocycles. The van der Waals surface area contributed by atoms with E-state index in [4.69, 9.17) is 0 Å². The van der Waals surface area contributed by atoms with Crippen LogP contribution in [-0.4, -0.2) is 42.8 Å². The number of ketones is 1. The van der Waals surface area contributed by atoms with E-state index in [1.165, 1.54) is 0 Å². The number of rotatable bonds is 4. The average Bonchev–Trinajstić information content (AvgIpc) is 2.87. The topological polar surface area (TPSA) is 54.3 Å². The second kappa shape index (κ2) is 5.69. The van der Waals surface area contributed by atoms with Crippen LogP contribution in [0.1, 0.15) is 17.3 Å². The number of benzene rings is 1. The second-order valence-electron chi connectivity index (χ2n) is 5.36. The summed E-state index contributed by atoms with van der Waals surface area (Å²) in [6.45, 7) is 5.73. The first kappa shape index (κ1) is 13.8. The third kappa shape index (κ3) is 2.56. The molecule has 5 heteroatoms. The Balaban J connectivity index is 2.08. The lowest BCUT2D eigenvalue weighted by Crippen LogP contribution is -2.43. The average molecular weight is 285 g/mol. The number of carbonyl (C=O) groups excluding carboxylic acids is 2. The molecule has 1 aliphatic rings. The summed E-state index contributed by atoms with van der Waals surface area (Å²) >= 11 is 0. The van der Waals surface area contributed by atoms with Crippen molar-refractivity contribution in [2.24, 2.45) is 0 Å². The van der Waals surface area contributed by atoms with Crippen molar-refractivity contribution in [3.8, 4) is 0 Å². The highest BCUT2D eigenvalue weighted by molar-refractivity contribution is 6.07. The molecule has 1 aromatic heterocycles. The van der Waals surface area contributed by atoms with Gasteiger partial charge in [-0.2, -0.15) is 0 Å². The number of piperazine rings is 1.